The van der Waals surface area contributed by atoms with E-state index in [1.165, 1.54) is 0 Å². The number of aromatic nitrogens is 1. The summed E-state index contributed by atoms with van der Waals surface area (Å²) < 4.78 is 0. The zero-order chi connectivity index (χ0) is 11.4. The Morgan fingerprint density at radius 2 is 1.69 bits per heavy atom. The molecule has 0 N–H and O–H groups in total. The predicted octanol–water partition coefficient (Wildman–Crippen LogP) is 2.49. The van der Waals surface area contributed by atoms with Crippen LogP contribution in [-0.2, 0) is 0 Å². The second-order valence-electron chi connectivity index (χ2n) is 3.17. The quantitative estimate of drug-likeness (QED) is 0.718. The zero-order valence-electron chi connectivity index (χ0n) is 8.38. The summed E-state index contributed by atoms with van der Waals surface area (Å²) in [4.78, 5) is 3.87. The minimum atomic E-state index is 0.170. The van der Waals surface area contributed by atoms with Gasteiger partial charge in [-0.2, -0.15) is 10.5 Å². The Kier molecular flexibility index (Phi) is 2.63. The summed E-state index contributed by atoms with van der Waals surface area (Å²) in [6.07, 6.45) is 1.54. The molecule has 2 rings (SSSR count). The first kappa shape index (κ1) is 9.89. The molecule has 0 unspecified atom stereocenters. The molecule has 0 amide bonds. The molecule has 74 valence electrons. The molecule has 1 aromatic carbocycles. The Labute approximate surface area is 93.2 Å². The van der Waals surface area contributed by atoms with E-state index in [1.807, 2.05) is 42.5 Å². The van der Waals surface area contributed by atoms with Gasteiger partial charge in [-0.1, -0.05) is 30.3 Å². The molecule has 0 fully saturated rings. The van der Waals surface area contributed by atoms with Gasteiger partial charge in [-0.05, 0) is 11.6 Å². The minimum Gasteiger partial charge on any atom is -0.244 e. The maximum absolute atomic E-state index is 9.05. The molecule has 1 heterocycles. The number of benzene rings is 1. The smallest absolute Gasteiger partial charge is 0.158 e. The molecule has 1 aromatic heterocycles. The van der Waals surface area contributed by atoms with Crippen molar-refractivity contribution >= 4 is 0 Å². The van der Waals surface area contributed by atoms with Gasteiger partial charge in [0.25, 0.3) is 0 Å². The molecule has 0 aliphatic rings. The van der Waals surface area contributed by atoms with Crippen molar-refractivity contribution in [3.8, 4) is 23.3 Å². The van der Waals surface area contributed by atoms with Crippen LogP contribution in [0.3, 0.4) is 0 Å². The van der Waals surface area contributed by atoms with Crippen molar-refractivity contribution in [2.75, 3.05) is 0 Å². The van der Waals surface area contributed by atoms with Gasteiger partial charge in [0, 0.05) is 11.8 Å². The summed E-state index contributed by atoms with van der Waals surface area (Å²) in [5.74, 6) is 0. The SMILES string of the molecule is N#Cc1nccc(-c2ccccc2)c1C#N. The Morgan fingerprint density at radius 1 is 0.938 bits per heavy atom. The summed E-state index contributed by atoms with van der Waals surface area (Å²) in [7, 11) is 0. The van der Waals surface area contributed by atoms with Crippen molar-refractivity contribution in [3.63, 3.8) is 0 Å². The van der Waals surface area contributed by atoms with E-state index in [4.69, 9.17) is 10.5 Å². The monoisotopic (exact) mass is 205 g/mol. The van der Waals surface area contributed by atoms with Crippen molar-refractivity contribution in [2.45, 2.75) is 0 Å². The second-order valence-corrected chi connectivity index (χ2v) is 3.17. The van der Waals surface area contributed by atoms with Crippen molar-refractivity contribution in [1.29, 1.82) is 10.5 Å². The Hall–Kier alpha value is -2.65. The third-order valence-corrected chi connectivity index (χ3v) is 2.25. The summed E-state index contributed by atoms with van der Waals surface area (Å²) >= 11 is 0. The first-order chi connectivity index (χ1) is 7.86. The van der Waals surface area contributed by atoms with Gasteiger partial charge >= 0.3 is 0 Å². The molecular weight excluding hydrogens is 198 g/mol. The van der Waals surface area contributed by atoms with Gasteiger partial charge in [-0.15, -0.1) is 0 Å². The Bertz CT molecular complexity index is 589. The molecular formula is C13H7N3. The number of nitrogens with zero attached hydrogens (tertiary/aromatic N) is 3. The molecule has 3 nitrogen and oxygen atoms in total. The lowest BCUT2D eigenvalue weighted by Gasteiger charge is -2.03. The van der Waals surface area contributed by atoms with Crippen molar-refractivity contribution in [3.05, 3.63) is 53.9 Å². The van der Waals surface area contributed by atoms with Gasteiger partial charge in [0.2, 0.25) is 0 Å². The topological polar surface area (TPSA) is 60.5 Å². The van der Waals surface area contributed by atoms with Crippen LogP contribution in [0, 0.1) is 22.7 Å². The standard InChI is InChI=1S/C13H7N3/c14-8-12-11(6-7-16-13(12)9-15)10-4-2-1-3-5-10/h1-7H. The minimum absolute atomic E-state index is 0.170. The third kappa shape index (κ3) is 1.63. The van der Waals surface area contributed by atoms with Crippen LogP contribution in [0.25, 0.3) is 11.1 Å². The second kappa shape index (κ2) is 4.25. The van der Waals surface area contributed by atoms with E-state index in [1.54, 1.807) is 12.3 Å². The van der Waals surface area contributed by atoms with Crippen LogP contribution in [0.1, 0.15) is 11.3 Å². The average Bonchev–Trinajstić information content (AvgIpc) is 2.38. The first-order valence-corrected chi connectivity index (χ1v) is 4.71. The van der Waals surface area contributed by atoms with Crippen molar-refractivity contribution < 1.29 is 0 Å². The molecule has 0 aliphatic carbocycles. The number of pyridine rings is 1. The number of rotatable bonds is 1. The molecule has 0 atom stereocenters. The van der Waals surface area contributed by atoms with Crippen LogP contribution < -0.4 is 0 Å². The fraction of sp³-hybridized carbons (Fsp3) is 0. The lowest BCUT2D eigenvalue weighted by atomic mass is 10.0. The highest BCUT2D eigenvalue weighted by atomic mass is 14.7. The molecule has 0 radical (unpaired) electrons. The first-order valence-electron chi connectivity index (χ1n) is 4.71. The number of nitriles is 2. The van der Waals surface area contributed by atoms with Crippen LogP contribution in [0.5, 0.6) is 0 Å². The van der Waals surface area contributed by atoms with Gasteiger partial charge in [-0.25, -0.2) is 4.98 Å². The van der Waals surface area contributed by atoms with E-state index >= 15 is 0 Å². The zero-order valence-corrected chi connectivity index (χ0v) is 8.38. The van der Waals surface area contributed by atoms with Crippen LogP contribution >= 0.6 is 0 Å². The van der Waals surface area contributed by atoms with Gasteiger partial charge in [0.1, 0.15) is 12.1 Å². The Morgan fingerprint density at radius 3 is 2.31 bits per heavy atom. The van der Waals surface area contributed by atoms with Gasteiger partial charge < -0.3 is 0 Å². The maximum atomic E-state index is 9.05. The maximum Gasteiger partial charge on any atom is 0.158 e. The van der Waals surface area contributed by atoms with E-state index in [-0.39, 0.29) is 5.69 Å². The number of hydrogen-bond acceptors (Lipinski definition) is 3. The molecule has 3 heteroatoms. The molecule has 0 saturated heterocycles. The highest BCUT2D eigenvalue weighted by molar-refractivity contribution is 5.72. The summed E-state index contributed by atoms with van der Waals surface area (Å²) in [6.45, 7) is 0. The van der Waals surface area contributed by atoms with E-state index < -0.39 is 0 Å². The molecule has 0 spiro atoms. The largest absolute Gasteiger partial charge is 0.244 e. The van der Waals surface area contributed by atoms with Crippen LogP contribution in [0.2, 0.25) is 0 Å². The Balaban J connectivity index is 2.69. The number of hydrogen-bond donors (Lipinski definition) is 0. The van der Waals surface area contributed by atoms with Crippen LogP contribution in [-0.4, -0.2) is 4.98 Å². The lowest BCUT2D eigenvalue weighted by molar-refractivity contribution is 1.24. The highest BCUT2D eigenvalue weighted by Gasteiger charge is 2.09. The average molecular weight is 205 g/mol. The molecule has 2 aromatic rings. The summed E-state index contributed by atoms with van der Waals surface area (Å²) in [6, 6.07) is 15.2. The van der Waals surface area contributed by atoms with Gasteiger partial charge in [-0.3, -0.25) is 0 Å². The molecule has 0 saturated carbocycles. The van der Waals surface area contributed by atoms with Crippen molar-refractivity contribution in [1.82, 2.24) is 4.98 Å². The summed E-state index contributed by atoms with van der Waals surface area (Å²) in [5, 5.41) is 17.9. The predicted molar refractivity (Wildman–Crippen MR) is 59.1 cm³/mol. The lowest BCUT2D eigenvalue weighted by Crippen LogP contribution is -1.92. The van der Waals surface area contributed by atoms with Crippen LogP contribution in [0.4, 0.5) is 0 Å². The van der Waals surface area contributed by atoms with Gasteiger partial charge in [0.15, 0.2) is 5.69 Å². The van der Waals surface area contributed by atoms with E-state index in [9.17, 15) is 0 Å². The molecule has 0 bridgehead atoms. The van der Waals surface area contributed by atoms with Crippen LogP contribution in [0.15, 0.2) is 42.6 Å². The highest BCUT2D eigenvalue weighted by Crippen LogP contribution is 2.23. The summed E-state index contributed by atoms with van der Waals surface area (Å²) in [5.41, 5.74) is 2.16. The molecule has 16 heavy (non-hydrogen) atoms. The normalized spacial score (nSPS) is 9.12. The molecule has 0 aliphatic heterocycles. The fourth-order valence-corrected chi connectivity index (χ4v) is 1.52. The fourth-order valence-electron chi connectivity index (χ4n) is 1.52. The van der Waals surface area contributed by atoms with Gasteiger partial charge in [0.05, 0.1) is 5.56 Å². The van der Waals surface area contributed by atoms with E-state index in [0.717, 1.165) is 11.1 Å². The third-order valence-electron chi connectivity index (χ3n) is 2.25. The van der Waals surface area contributed by atoms with Crippen molar-refractivity contribution in [2.24, 2.45) is 0 Å². The van der Waals surface area contributed by atoms with E-state index in [0.29, 0.717) is 5.56 Å². The van der Waals surface area contributed by atoms with E-state index in [2.05, 4.69) is 4.98 Å².